The molecule has 0 fully saturated rings. The van der Waals surface area contributed by atoms with E-state index in [9.17, 15) is 4.79 Å². The van der Waals surface area contributed by atoms with E-state index in [1.807, 2.05) is 31.2 Å². The smallest absolute Gasteiger partial charge is 0.305 e. The van der Waals surface area contributed by atoms with E-state index >= 15 is 0 Å². The third-order valence-corrected chi connectivity index (χ3v) is 2.68. The van der Waals surface area contributed by atoms with Crippen LogP contribution in [-0.4, -0.2) is 22.1 Å². The molecule has 5 heteroatoms. The fraction of sp³-hybridized carbons (Fsp3) is 0.385. The Hall–Kier alpha value is -2.04. The second kappa shape index (κ2) is 5.53. The first-order valence-corrected chi connectivity index (χ1v) is 6.03. The Bertz CT molecular complexity index is 503. The molecule has 5 nitrogen and oxygen atoms in total. The molecule has 0 saturated carbocycles. The standard InChI is InChI=1S/C13H16N2O3/c1-2-5-9(8-12(16)17)14-13-15-10-6-3-4-7-11(10)18-13/h3-4,6-7,9H,2,5,8H2,1H3,(H,14,15)(H,16,17). The number of benzene rings is 1. The Labute approximate surface area is 105 Å². The minimum absolute atomic E-state index is 0.0621. The lowest BCUT2D eigenvalue weighted by molar-refractivity contribution is -0.137. The van der Waals surface area contributed by atoms with Gasteiger partial charge in [0.2, 0.25) is 0 Å². The summed E-state index contributed by atoms with van der Waals surface area (Å²) in [6.45, 7) is 2.02. The lowest BCUT2D eigenvalue weighted by Crippen LogP contribution is -2.23. The van der Waals surface area contributed by atoms with Crippen LogP contribution in [0.2, 0.25) is 0 Å². The van der Waals surface area contributed by atoms with E-state index < -0.39 is 5.97 Å². The number of anilines is 1. The van der Waals surface area contributed by atoms with Gasteiger partial charge in [-0.3, -0.25) is 4.79 Å². The Balaban J connectivity index is 2.12. The second-order valence-electron chi connectivity index (χ2n) is 4.21. The van der Waals surface area contributed by atoms with Gasteiger partial charge in [-0.1, -0.05) is 25.5 Å². The molecule has 0 aliphatic rings. The third-order valence-electron chi connectivity index (χ3n) is 2.68. The predicted molar refractivity (Wildman–Crippen MR) is 68.6 cm³/mol. The van der Waals surface area contributed by atoms with Crippen molar-refractivity contribution in [3.05, 3.63) is 24.3 Å². The van der Waals surface area contributed by atoms with Gasteiger partial charge in [-0.15, -0.1) is 0 Å². The first-order valence-electron chi connectivity index (χ1n) is 6.03. The van der Waals surface area contributed by atoms with Crippen molar-refractivity contribution in [2.45, 2.75) is 32.2 Å². The van der Waals surface area contributed by atoms with Crippen molar-refractivity contribution >= 4 is 23.1 Å². The summed E-state index contributed by atoms with van der Waals surface area (Å²) in [6.07, 6.45) is 1.74. The normalized spacial score (nSPS) is 12.5. The van der Waals surface area contributed by atoms with Crippen molar-refractivity contribution in [2.24, 2.45) is 0 Å². The van der Waals surface area contributed by atoms with E-state index in [2.05, 4.69) is 10.3 Å². The first kappa shape index (κ1) is 12.4. The topological polar surface area (TPSA) is 75.4 Å². The molecule has 1 unspecified atom stereocenters. The quantitative estimate of drug-likeness (QED) is 0.822. The van der Waals surface area contributed by atoms with Crippen LogP contribution in [0.4, 0.5) is 6.01 Å². The minimum Gasteiger partial charge on any atom is -0.481 e. The maximum atomic E-state index is 10.8. The molecule has 0 saturated heterocycles. The number of rotatable bonds is 6. The molecule has 1 aromatic carbocycles. The number of carboxylic acids is 1. The summed E-state index contributed by atoms with van der Waals surface area (Å²) < 4.78 is 5.51. The highest BCUT2D eigenvalue weighted by atomic mass is 16.4. The minimum atomic E-state index is -0.822. The lowest BCUT2D eigenvalue weighted by atomic mass is 10.1. The van der Waals surface area contributed by atoms with Gasteiger partial charge in [0.25, 0.3) is 6.01 Å². The molecular formula is C13H16N2O3. The molecule has 0 bridgehead atoms. The fourth-order valence-corrected chi connectivity index (χ4v) is 1.89. The molecule has 1 aromatic heterocycles. The van der Waals surface area contributed by atoms with Crippen molar-refractivity contribution in [1.82, 2.24) is 4.98 Å². The monoisotopic (exact) mass is 248 g/mol. The molecule has 1 atom stereocenters. The van der Waals surface area contributed by atoms with Crippen LogP contribution in [0.1, 0.15) is 26.2 Å². The van der Waals surface area contributed by atoms with Gasteiger partial charge in [0.05, 0.1) is 6.42 Å². The molecule has 2 aromatic rings. The summed E-state index contributed by atoms with van der Waals surface area (Å²) >= 11 is 0. The van der Waals surface area contributed by atoms with Gasteiger partial charge >= 0.3 is 5.97 Å². The summed E-state index contributed by atoms with van der Waals surface area (Å²) in [5.41, 5.74) is 1.47. The number of hydrogen-bond donors (Lipinski definition) is 2. The number of para-hydroxylation sites is 2. The highest BCUT2D eigenvalue weighted by molar-refractivity contribution is 5.74. The molecule has 18 heavy (non-hydrogen) atoms. The van der Waals surface area contributed by atoms with Gasteiger partial charge in [0, 0.05) is 6.04 Å². The molecular weight excluding hydrogens is 232 g/mol. The molecule has 96 valence electrons. The average molecular weight is 248 g/mol. The van der Waals surface area contributed by atoms with E-state index in [0.717, 1.165) is 18.4 Å². The highest BCUT2D eigenvalue weighted by Gasteiger charge is 2.15. The number of carboxylic acid groups (broad SMARTS) is 1. The van der Waals surface area contributed by atoms with Gasteiger partial charge < -0.3 is 14.8 Å². The number of oxazole rings is 1. The lowest BCUT2D eigenvalue weighted by Gasteiger charge is -2.13. The van der Waals surface area contributed by atoms with Crippen LogP contribution in [0.5, 0.6) is 0 Å². The van der Waals surface area contributed by atoms with Crippen LogP contribution >= 0.6 is 0 Å². The molecule has 2 N–H and O–H groups in total. The van der Waals surface area contributed by atoms with Crippen LogP contribution in [-0.2, 0) is 4.79 Å². The Kier molecular flexibility index (Phi) is 3.82. The van der Waals surface area contributed by atoms with Crippen LogP contribution < -0.4 is 5.32 Å². The highest BCUT2D eigenvalue weighted by Crippen LogP contribution is 2.20. The number of hydrogen-bond acceptors (Lipinski definition) is 4. The van der Waals surface area contributed by atoms with Crippen LogP contribution in [0, 0.1) is 0 Å². The zero-order chi connectivity index (χ0) is 13.0. The second-order valence-corrected chi connectivity index (χ2v) is 4.21. The van der Waals surface area contributed by atoms with Crippen LogP contribution in [0.15, 0.2) is 28.7 Å². The predicted octanol–water partition coefficient (Wildman–Crippen LogP) is 2.88. The van der Waals surface area contributed by atoms with Gasteiger partial charge in [-0.05, 0) is 18.6 Å². The maximum Gasteiger partial charge on any atom is 0.305 e. The third kappa shape index (κ3) is 3.00. The largest absolute Gasteiger partial charge is 0.481 e. The van der Waals surface area contributed by atoms with E-state index in [1.165, 1.54) is 0 Å². The van der Waals surface area contributed by atoms with E-state index in [4.69, 9.17) is 9.52 Å². The Morgan fingerprint density at radius 3 is 2.94 bits per heavy atom. The molecule has 1 heterocycles. The van der Waals surface area contributed by atoms with Gasteiger partial charge in [0.1, 0.15) is 5.52 Å². The van der Waals surface area contributed by atoms with Crippen molar-refractivity contribution in [1.29, 1.82) is 0 Å². The Morgan fingerprint density at radius 2 is 2.28 bits per heavy atom. The number of nitrogens with zero attached hydrogens (tertiary/aromatic N) is 1. The number of aliphatic carboxylic acids is 1. The summed E-state index contributed by atoms with van der Waals surface area (Å²) in [5.74, 6) is -0.822. The molecule has 0 aliphatic carbocycles. The van der Waals surface area contributed by atoms with Crippen molar-refractivity contribution in [2.75, 3.05) is 5.32 Å². The van der Waals surface area contributed by atoms with E-state index in [0.29, 0.717) is 11.6 Å². The van der Waals surface area contributed by atoms with Gasteiger partial charge in [-0.25, -0.2) is 0 Å². The Morgan fingerprint density at radius 1 is 1.50 bits per heavy atom. The summed E-state index contributed by atoms with van der Waals surface area (Å²) in [6, 6.07) is 7.68. The van der Waals surface area contributed by atoms with Crippen molar-refractivity contribution in [3.63, 3.8) is 0 Å². The molecule has 0 radical (unpaired) electrons. The van der Waals surface area contributed by atoms with Crippen molar-refractivity contribution < 1.29 is 14.3 Å². The molecule has 0 amide bonds. The van der Waals surface area contributed by atoms with Crippen LogP contribution in [0.25, 0.3) is 11.1 Å². The maximum absolute atomic E-state index is 10.8. The van der Waals surface area contributed by atoms with E-state index in [1.54, 1.807) is 0 Å². The van der Waals surface area contributed by atoms with Crippen LogP contribution in [0.3, 0.4) is 0 Å². The SMILES string of the molecule is CCCC(CC(=O)O)Nc1nc2ccccc2o1. The zero-order valence-corrected chi connectivity index (χ0v) is 10.2. The van der Waals surface area contributed by atoms with Gasteiger partial charge in [-0.2, -0.15) is 4.98 Å². The van der Waals surface area contributed by atoms with E-state index in [-0.39, 0.29) is 12.5 Å². The van der Waals surface area contributed by atoms with Gasteiger partial charge in [0.15, 0.2) is 5.58 Å². The zero-order valence-electron chi connectivity index (χ0n) is 10.2. The molecule has 2 rings (SSSR count). The summed E-state index contributed by atoms with van der Waals surface area (Å²) in [7, 11) is 0. The number of carbonyl (C=O) groups is 1. The average Bonchev–Trinajstić information content (AvgIpc) is 2.70. The number of nitrogens with one attached hydrogen (secondary N) is 1. The summed E-state index contributed by atoms with van der Waals surface area (Å²) in [4.78, 5) is 15.0. The fourth-order valence-electron chi connectivity index (χ4n) is 1.89. The van der Waals surface area contributed by atoms with Crippen molar-refractivity contribution in [3.8, 4) is 0 Å². The first-order chi connectivity index (χ1) is 8.69. The summed E-state index contributed by atoms with van der Waals surface area (Å²) in [5, 5.41) is 11.9. The number of fused-ring (bicyclic) bond motifs is 1. The number of aromatic nitrogens is 1. The molecule has 0 spiro atoms. The molecule has 0 aliphatic heterocycles.